The Morgan fingerprint density at radius 1 is 1.18 bits per heavy atom. The molecule has 0 aromatic carbocycles. The van der Waals surface area contributed by atoms with E-state index in [0.717, 1.165) is 51.0 Å². The molecule has 124 valence electrons. The molecule has 1 aromatic heterocycles. The molecule has 1 aliphatic heterocycles. The molecule has 2 fully saturated rings. The second-order valence-corrected chi connectivity index (χ2v) is 7.78. The molecular formula is C16H28N4O2. The second kappa shape index (κ2) is 6.26. The Kier molecular flexibility index (Phi) is 4.52. The summed E-state index contributed by atoms with van der Waals surface area (Å²) in [5.41, 5.74) is -0.0546. The molecule has 1 aliphatic carbocycles. The predicted molar refractivity (Wildman–Crippen MR) is 83.5 cm³/mol. The number of aliphatic hydroxyl groups is 1. The van der Waals surface area contributed by atoms with Crippen LogP contribution >= 0.6 is 0 Å². The molecule has 0 spiro atoms. The van der Waals surface area contributed by atoms with E-state index in [1.165, 1.54) is 12.8 Å². The molecule has 0 unspecified atom stereocenters. The Balaban J connectivity index is 1.43. The number of aromatic nitrogens is 2. The molecule has 6 nitrogen and oxygen atoms in total. The number of hydrogen-bond acceptors (Lipinski definition) is 6. The van der Waals surface area contributed by atoms with Crippen LogP contribution in [-0.4, -0.2) is 63.9 Å². The first-order chi connectivity index (χ1) is 10.4. The monoisotopic (exact) mass is 308 g/mol. The van der Waals surface area contributed by atoms with Gasteiger partial charge in [-0.05, 0) is 18.3 Å². The van der Waals surface area contributed by atoms with E-state index in [-0.39, 0.29) is 11.5 Å². The maximum Gasteiger partial charge on any atom is 0.229 e. The van der Waals surface area contributed by atoms with Crippen LogP contribution in [0.2, 0.25) is 0 Å². The standard InChI is InChI=1S/C16H28N4O2/c1-16(2,3)13(21)10-19-6-8-20(9-7-19)11-14-17-15(22-18-14)12-4-5-12/h12-13,21H,4-11H2,1-3H3/t13-/m1/s1. The van der Waals surface area contributed by atoms with Gasteiger partial charge in [0.25, 0.3) is 0 Å². The molecule has 0 amide bonds. The van der Waals surface area contributed by atoms with Gasteiger partial charge < -0.3 is 9.63 Å². The highest BCUT2D eigenvalue weighted by atomic mass is 16.5. The summed E-state index contributed by atoms with van der Waals surface area (Å²) in [6.07, 6.45) is 2.10. The number of piperazine rings is 1. The van der Waals surface area contributed by atoms with Crippen molar-refractivity contribution in [3.05, 3.63) is 11.7 Å². The van der Waals surface area contributed by atoms with Crippen LogP contribution in [0.4, 0.5) is 0 Å². The van der Waals surface area contributed by atoms with Gasteiger partial charge in [0.05, 0.1) is 12.6 Å². The van der Waals surface area contributed by atoms with Crippen LogP contribution in [0, 0.1) is 5.41 Å². The highest BCUT2D eigenvalue weighted by Gasteiger charge is 2.30. The Labute approximate surface area is 132 Å². The Morgan fingerprint density at radius 2 is 1.82 bits per heavy atom. The number of nitrogens with zero attached hydrogens (tertiary/aromatic N) is 4. The summed E-state index contributed by atoms with van der Waals surface area (Å²) in [6, 6.07) is 0. The third kappa shape index (κ3) is 4.06. The summed E-state index contributed by atoms with van der Waals surface area (Å²) in [5.74, 6) is 2.16. The van der Waals surface area contributed by atoms with Crippen LogP contribution in [-0.2, 0) is 6.54 Å². The summed E-state index contributed by atoms with van der Waals surface area (Å²) < 4.78 is 5.31. The molecule has 0 bridgehead atoms. The summed E-state index contributed by atoms with van der Waals surface area (Å²) >= 11 is 0. The van der Waals surface area contributed by atoms with Gasteiger partial charge in [-0.3, -0.25) is 9.80 Å². The van der Waals surface area contributed by atoms with E-state index in [1.54, 1.807) is 0 Å². The SMILES string of the molecule is CC(C)(C)[C@H](O)CN1CCN(Cc2noc(C3CC3)n2)CC1. The van der Waals surface area contributed by atoms with Crippen molar-refractivity contribution in [2.45, 2.75) is 52.2 Å². The Hall–Kier alpha value is -0.980. The Bertz CT molecular complexity index is 485. The lowest BCUT2D eigenvalue weighted by molar-refractivity contribution is 0.0122. The van der Waals surface area contributed by atoms with Crippen molar-refractivity contribution < 1.29 is 9.63 Å². The molecule has 22 heavy (non-hydrogen) atoms. The fourth-order valence-corrected chi connectivity index (χ4v) is 2.68. The number of rotatable bonds is 5. The minimum Gasteiger partial charge on any atom is -0.391 e. The topological polar surface area (TPSA) is 65.6 Å². The lowest BCUT2D eigenvalue weighted by atomic mass is 9.89. The molecule has 2 aliphatic rings. The lowest BCUT2D eigenvalue weighted by Crippen LogP contribution is -2.49. The van der Waals surface area contributed by atoms with E-state index in [9.17, 15) is 5.11 Å². The van der Waals surface area contributed by atoms with E-state index < -0.39 is 0 Å². The molecule has 6 heteroatoms. The molecular weight excluding hydrogens is 280 g/mol. The highest BCUT2D eigenvalue weighted by Crippen LogP contribution is 2.38. The summed E-state index contributed by atoms with van der Waals surface area (Å²) in [6.45, 7) is 11.7. The molecule has 1 atom stereocenters. The maximum atomic E-state index is 10.2. The van der Waals surface area contributed by atoms with Crippen molar-refractivity contribution in [3.8, 4) is 0 Å². The van der Waals surface area contributed by atoms with Crippen molar-refractivity contribution in [2.24, 2.45) is 5.41 Å². The number of aliphatic hydroxyl groups excluding tert-OH is 1. The Morgan fingerprint density at radius 3 is 2.41 bits per heavy atom. The van der Waals surface area contributed by atoms with Crippen LogP contribution in [0.1, 0.15) is 51.2 Å². The number of hydrogen-bond donors (Lipinski definition) is 1. The first kappa shape index (κ1) is 15.9. The summed E-state index contributed by atoms with van der Waals surface area (Å²) in [4.78, 5) is 9.20. The zero-order valence-electron chi connectivity index (χ0n) is 14.0. The van der Waals surface area contributed by atoms with Crippen molar-refractivity contribution in [3.63, 3.8) is 0 Å². The second-order valence-electron chi connectivity index (χ2n) is 7.78. The molecule has 1 saturated carbocycles. The molecule has 1 aromatic rings. The first-order valence-electron chi connectivity index (χ1n) is 8.37. The van der Waals surface area contributed by atoms with Crippen molar-refractivity contribution >= 4 is 0 Å². The van der Waals surface area contributed by atoms with Gasteiger partial charge in [0, 0.05) is 38.6 Å². The van der Waals surface area contributed by atoms with Gasteiger partial charge in [0.15, 0.2) is 5.82 Å². The average Bonchev–Trinajstić information content (AvgIpc) is 3.21. The van der Waals surface area contributed by atoms with Gasteiger partial charge in [-0.1, -0.05) is 25.9 Å². The molecule has 2 heterocycles. The largest absolute Gasteiger partial charge is 0.391 e. The molecule has 1 saturated heterocycles. The smallest absolute Gasteiger partial charge is 0.229 e. The van der Waals surface area contributed by atoms with Gasteiger partial charge in [-0.25, -0.2) is 0 Å². The van der Waals surface area contributed by atoms with Crippen LogP contribution in [0.15, 0.2) is 4.52 Å². The third-order valence-corrected chi connectivity index (χ3v) is 4.67. The van der Waals surface area contributed by atoms with Gasteiger partial charge in [0.1, 0.15) is 0 Å². The molecule has 1 N–H and O–H groups in total. The fraction of sp³-hybridized carbons (Fsp3) is 0.875. The van der Waals surface area contributed by atoms with Crippen molar-refractivity contribution in [1.82, 2.24) is 19.9 Å². The minimum atomic E-state index is -0.280. The van der Waals surface area contributed by atoms with Gasteiger partial charge >= 0.3 is 0 Å². The van der Waals surface area contributed by atoms with Crippen LogP contribution < -0.4 is 0 Å². The van der Waals surface area contributed by atoms with Gasteiger partial charge in [0.2, 0.25) is 5.89 Å². The normalized spacial score (nSPS) is 22.9. The van der Waals surface area contributed by atoms with Crippen LogP contribution in [0.25, 0.3) is 0 Å². The average molecular weight is 308 g/mol. The zero-order valence-corrected chi connectivity index (χ0v) is 14.0. The quantitative estimate of drug-likeness (QED) is 0.888. The van der Waals surface area contributed by atoms with E-state index in [4.69, 9.17) is 4.52 Å². The van der Waals surface area contributed by atoms with Gasteiger partial charge in [-0.15, -0.1) is 0 Å². The van der Waals surface area contributed by atoms with Crippen LogP contribution in [0.3, 0.4) is 0 Å². The van der Waals surface area contributed by atoms with E-state index in [2.05, 4.69) is 40.7 Å². The first-order valence-corrected chi connectivity index (χ1v) is 8.37. The summed E-state index contributed by atoms with van der Waals surface area (Å²) in [7, 11) is 0. The maximum absolute atomic E-state index is 10.2. The fourth-order valence-electron chi connectivity index (χ4n) is 2.68. The van der Waals surface area contributed by atoms with E-state index in [0.29, 0.717) is 5.92 Å². The van der Waals surface area contributed by atoms with E-state index >= 15 is 0 Å². The minimum absolute atomic E-state index is 0.0546. The van der Waals surface area contributed by atoms with Crippen molar-refractivity contribution in [2.75, 3.05) is 32.7 Å². The number of β-amino-alcohol motifs (C(OH)–C–C–N with tert-alkyl or cyclic N) is 1. The predicted octanol–water partition coefficient (Wildman–Crippen LogP) is 1.47. The van der Waals surface area contributed by atoms with Crippen LogP contribution in [0.5, 0.6) is 0 Å². The highest BCUT2D eigenvalue weighted by molar-refractivity contribution is 5.01. The molecule has 0 radical (unpaired) electrons. The summed E-state index contributed by atoms with van der Waals surface area (Å²) in [5, 5.41) is 14.3. The van der Waals surface area contributed by atoms with E-state index in [1.807, 2.05) is 0 Å². The van der Waals surface area contributed by atoms with Crippen molar-refractivity contribution in [1.29, 1.82) is 0 Å². The molecule has 3 rings (SSSR count). The third-order valence-electron chi connectivity index (χ3n) is 4.67. The van der Waals surface area contributed by atoms with Gasteiger partial charge in [-0.2, -0.15) is 4.98 Å². The lowest BCUT2D eigenvalue weighted by Gasteiger charge is -2.37. The zero-order chi connectivity index (χ0) is 15.7.